The van der Waals surface area contributed by atoms with Crippen molar-refractivity contribution in [1.29, 1.82) is 0 Å². The summed E-state index contributed by atoms with van der Waals surface area (Å²) in [7, 11) is 0. The third-order valence-corrected chi connectivity index (χ3v) is 1.68. The molecule has 0 spiro atoms. The van der Waals surface area contributed by atoms with Crippen LogP contribution in [0.5, 0.6) is 0 Å². The van der Waals surface area contributed by atoms with Crippen LogP contribution in [-0.2, 0) is 4.79 Å². The van der Waals surface area contributed by atoms with Crippen LogP contribution in [0.4, 0.5) is 13.2 Å². The number of halogens is 3. The van der Waals surface area contributed by atoms with Crippen LogP contribution in [0.3, 0.4) is 0 Å². The fourth-order valence-electron chi connectivity index (χ4n) is 0.622. The zero-order valence-electron chi connectivity index (χ0n) is 6.48. The minimum absolute atomic E-state index is 0.719. The second kappa shape index (κ2) is 3.30. The van der Waals surface area contributed by atoms with E-state index in [1.807, 2.05) is 0 Å². The largest absolute Gasteiger partial charge is 0.481 e. The maximum atomic E-state index is 12.1. The summed E-state index contributed by atoms with van der Waals surface area (Å²) in [5.74, 6) is -1.50. The molecule has 0 amide bonds. The van der Waals surface area contributed by atoms with E-state index in [9.17, 15) is 18.0 Å². The van der Waals surface area contributed by atoms with Crippen LogP contribution < -0.4 is 5.73 Å². The first-order chi connectivity index (χ1) is 5.23. The van der Waals surface area contributed by atoms with Crippen molar-refractivity contribution in [3.8, 4) is 0 Å². The van der Waals surface area contributed by atoms with Gasteiger partial charge in [0.15, 0.2) is 0 Å². The molecule has 0 aliphatic heterocycles. The minimum atomic E-state index is -4.57. The Morgan fingerprint density at radius 3 is 2.00 bits per heavy atom. The molecule has 0 saturated carbocycles. The summed E-state index contributed by atoms with van der Waals surface area (Å²) in [4.78, 5) is 10.1. The minimum Gasteiger partial charge on any atom is -0.481 e. The third-order valence-electron chi connectivity index (χ3n) is 1.68. The zero-order chi connectivity index (χ0) is 9.99. The normalized spacial score (nSPS) is 17.1. The Kier molecular flexibility index (Phi) is 3.09. The molecule has 0 aromatic heterocycles. The molecule has 0 bridgehead atoms. The fraction of sp³-hybridized carbons (Fsp3) is 0.833. The first kappa shape index (κ1) is 11.2. The van der Waals surface area contributed by atoms with Crippen LogP contribution in [0.25, 0.3) is 0 Å². The molecular weight excluding hydrogens is 175 g/mol. The highest BCUT2D eigenvalue weighted by Crippen LogP contribution is 2.39. The van der Waals surface area contributed by atoms with Gasteiger partial charge in [-0.25, -0.2) is 0 Å². The number of alkyl halides is 3. The zero-order valence-corrected chi connectivity index (χ0v) is 6.48. The highest BCUT2D eigenvalue weighted by molar-refractivity contribution is 5.67. The van der Waals surface area contributed by atoms with Crippen molar-refractivity contribution in [2.45, 2.75) is 19.5 Å². The van der Waals surface area contributed by atoms with Crippen LogP contribution in [0.1, 0.15) is 13.3 Å². The number of carboxylic acid groups (broad SMARTS) is 1. The second-order valence-corrected chi connectivity index (χ2v) is 2.83. The summed E-state index contributed by atoms with van der Waals surface area (Å²) in [6.45, 7) is 0.0733. The molecular formula is C6H10F3NO2. The second-order valence-electron chi connectivity index (χ2n) is 2.83. The SMILES string of the molecule is CC(CN)(CC(=O)O)C(F)(F)F. The molecule has 0 saturated heterocycles. The molecule has 0 rings (SSSR count). The maximum Gasteiger partial charge on any atom is 0.396 e. The quantitative estimate of drug-likeness (QED) is 0.689. The van der Waals surface area contributed by atoms with Crippen molar-refractivity contribution >= 4 is 5.97 Å². The van der Waals surface area contributed by atoms with E-state index in [0.29, 0.717) is 0 Å². The molecule has 0 aromatic rings. The number of nitrogens with two attached hydrogens (primary N) is 1. The molecule has 12 heavy (non-hydrogen) atoms. The van der Waals surface area contributed by atoms with Gasteiger partial charge in [-0.15, -0.1) is 0 Å². The Labute approximate surface area is 67.4 Å². The lowest BCUT2D eigenvalue weighted by Crippen LogP contribution is -2.43. The molecule has 1 atom stereocenters. The Bertz CT molecular complexity index is 180. The van der Waals surface area contributed by atoms with Gasteiger partial charge in [0.25, 0.3) is 0 Å². The molecule has 3 nitrogen and oxygen atoms in total. The van der Waals surface area contributed by atoms with Crippen LogP contribution >= 0.6 is 0 Å². The van der Waals surface area contributed by atoms with Gasteiger partial charge in [0.05, 0.1) is 11.8 Å². The maximum absolute atomic E-state index is 12.1. The number of carbonyl (C=O) groups is 1. The van der Waals surface area contributed by atoms with E-state index in [2.05, 4.69) is 0 Å². The average Bonchev–Trinajstić information content (AvgIpc) is 1.83. The predicted molar refractivity (Wildman–Crippen MR) is 35.5 cm³/mol. The summed E-state index contributed by atoms with van der Waals surface area (Å²) in [6.07, 6.45) is -5.56. The van der Waals surface area contributed by atoms with Crippen LogP contribution in [0.15, 0.2) is 0 Å². The number of aliphatic carboxylic acids is 1. The average molecular weight is 185 g/mol. The molecule has 6 heteroatoms. The lowest BCUT2D eigenvalue weighted by Gasteiger charge is -2.28. The molecule has 0 aliphatic rings. The standard InChI is InChI=1S/C6H10F3NO2/c1-5(3-10,2-4(11)12)6(7,8)9/h2-3,10H2,1H3,(H,11,12). The van der Waals surface area contributed by atoms with Crippen molar-refractivity contribution in [3.63, 3.8) is 0 Å². The lowest BCUT2D eigenvalue weighted by atomic mass is 9.86. The van der Waals surface area contributed by atoms with Gasteiger partial charge in [-0.05, 0) is 6.92 Å². The highest BCUT2D eigenvalue weighted by atomic mass is 19.4. The Hall–Kier alpha value is -0.780. The van der Waals surface area contributed by atoms with E-state index in [-0.39, 0.29) is 0 Å². The molecule has 1 unspecified atom stereocenters. The van der Waals surface area contributed by atoms with Gasteiger partial charge in [-0.3, -0.25) is 4.79 Å². The van der Waals surface area contributed by atoms with E-state index in [4.69, 9.17) is 10.8 Å². The number of hydrogen-bond donors (Lipinski definition) is 2. The lowest BCUT2D eigenvalue weighted by molar-refractivity contribution is -0.219. The van der Waals surface area contributed by atoms with Gasteiger partial charge in [0.1, 0.15) is 0 Å². The molecule has 0 radical (unpaired) electrons. The van der Waals surface area contributed by atoms with Crippen LogP contribution in [-0.4, -0.2) is 23.8 Å². The Morgan fingerprint density at radius 2 is 1.92 bits per heavy atom. The van der Waals surface area contributed by atoms with Gasteiger partial charge < -0.3 is 10.8 Å². The summed E-state index contributed by atoms with van der Waals surface area (Å²) in [5.41, 5.74) is 2.54. The van der Waals surface area contributed by atoms with Crippen molar-refractivity contribution in [1.82, 2.24) is 0 Å². The number of hydrogen-bond acceptors (Lipinski definition) is 2. The molecule has 0 fully saturated rings. The monoisotopic (exact) mass is 185 g/mol. The van der Waals surface area contributed by atoms with Crippen molar-refractivity contribution in [2.24, 2.45) is 11.1 Å². The van der Waals surface area contributed by atoms with Crippen LogP contribution in [0, 0.1) is 5.41 Å². The summed E-state index contributed by atoms with van der Waals surface area (Å²) < 4.78 is 36.4. The van der Waals surface area contributed by atoms with Crippen molar-refractivity contribution in [3.05, 3.63) is 0 Å². The Balaban J connectivity index is 4.56. The van der Waals surface area contributed by atoms with E-state index in [1.54, 1.807) is 0 Å². The van der Waals surface area contributed by atoms with Gasteiger partial charge in [0, 0.05) is 6.54 Å². The molecule has 0 aliphatic carbocycles. The van der Waals surface area contributed by atoms with Gasteiger partial charge in [0.2, 0.25) is 0 Å². The van der Waals surface area contributed by atoms with Crippen molar-refractivity contribution in [2.75, 3.05) is 6.54 Å². The Morgan fingerprint density at radius 1 is 1.50 bits per heavy atom. The van der Waals surface area contributed by atoms with Crippen molar-refractivity contribution < 1.29 is 23.1 Å². The van der Waals surface area contributed by atoms with E-state index < -0.39 is 30.5 Å². The number of rotatable bonds is 3. The van der Waals surface area contributed by atoms with Gasteiger partial charge in [-0.1, -0.05) is 0 Å². The highest BCUT2D eigenvalue weighted by Gasteiger charge is 2.51. The summed E-state index contributed by atoms with van der Waals surface area (Å²) in [5, 5.41) is 8.19. The van der Waals surface area contributed by atoms with Gasteiger partial charge >= 0.3 is 12.1 Å². The van der Waals surface area contributed by atoms with Crippen LogP contribution in [0.2, 0.25) is 0 Å². The number of carboxylic acids is 1. The summed E-state index contributed by atoms with van der Waals surface area (Å²) >= 11 is 0. The third kappa shape index (κ3) is 2.37. The van der Waals surface area contributed by atoms with E-state index in [0.717, 1.165) is 6.92 Å². The first-order valence-corrected chi connectivity index (χ1v) is 3.21. The summed E-state index contributed by atoms with van der Waals surface area (Å²) in [6, 6.07) is 0. The smallest absolute Gasteiger partial charge is 0.396 e. The molecule has 0 heterocycles. The predicted octanol–water partition coefficient (Wildman–Crippen LogP) is 0.988. The first-order valence-electron chi connectivity index (χ1n) is 3.21. The molecule has 3 N–H and O–H groups in total. The van der Waals surface area contributed by atoms with E-state index >= 15 is 0 Å². The topological polar surface area (TPSA) is 63.3 Å². The molecule has 72 valence electrons. The van der Waals surface area contributed by atoms with E-state index in [1.165, 1.54) is 0 Å². The fourth-order valence-corrected chi connectivity index (χ4v) is 0.622. The molecule has 0 aromatic carbocycles. The van der Waals surface area contributed by atoms with Gasteiger partial charge in [-0.2, -0.15) is 13.2 Å².